The Morgan fingerprint density at radius 1 is 1.19 bits per heavy atom. The molecule has 7 nitrogen and oxygen atoms in total. The van der Waals surface area contributed by atoms with Crippen LogP contribution in [0.3, 0.4) is 0 Å². The molecule has 0 unspecified atom stereocenters. The average molecular weight is 377 g/mol. The molecule has 1 aliphatic rings. The van der Waals surface area contributed by atoms with E-state index in [1.807, 2.05) is 24.3 Å². The lowest BCUT2D eigenvalue weighted by Gasteiger charge is -2.24. The van der Waals surface area contributed by atoms with Gasteiger partial charge in [0, 0.05) is 13.6 Å². The molecule has 7 heteroatoms. The van der Waals surface area contributed by atoms with Gasteiger partial charge >= 0.3 is 0 Å². The molecule has 27 heavy (non-hydrogen) atoms. The standard InChI is InChI=1S/C19H27N3O4.CH4/c1-11(2)16(23)18(25)20-12(3)17(24)21-15-14-8-6-5-7-13(14)9-10-22(4)19(15)26;/h5-8,11-12,15-16,23H,9-10H2,1-4H3,(H,20,25)(H,21,24);1H4/t12-,15-,16-;/m0./s1. The highest BCUT2D eigenvalue weighted by Gasteiger charge is 2.32. The molecule has 0 saturated heterocycles. The van der Waals surface area contributed by atoms with Crippen LogP contribution in [0.15, 0.2) is 24.3 Å². The predicted molar refractivity (Wildman–Crippen MR) is 104 cm³/mol. The van der Waals surface area contributed by atoms with Gasteiger partial charge in [-0.25, -0.2) is 0 Å². The lowest BCUT2D eigenvalue weighted by atomic mass is 9.99. The number of fused-ring (bicyclic) bond motifs is 1. The molecule has 150 valence electrons. The molecule has 3 amide bonds. The Labute approximate surface area is 161 Å². The van der Waals surface area contributed by atoms with E-state index in [1.54, 1.807) is 25.8 Å². The van der Waals surface area contributed by atoms with Crippen molar-refractivity contribution in [1.82, 2.24) is 15.5 Å². The minimum Gasteiger partial charge on any atom is -0.383 e. The quantitative estimate of drug-likeness (QED) is 0.713. The van der Waals surface area contributed by atoms with Crippen molar-refractivity contribution in [3.63, 3.8) is 0 Å². The largest absolute Gasteiger partial charge is 0.383 e. The summed E-state index contributed by atoms with van der Waals surface area (Å²) in [6, 6.07) is 5.86. The Balaban J connectivity index is 0.00000364. The minimum absolute atomic E-state index is 0. The highest BCUT2D eigenvalue weighted by molar-refractivity contribution is 5.93. The molecule has 1 aliphatic heterocycles. The van der Waals surface area contributed by atoms with E-state index in [4.69, 9.17) is 0 Å². The minimum atomic E-state index is -1.18. The van der Waals surface area contributed by atoms with E-state index in [0.717, 1.165) is 17.5 Å². The number of amides is 3. The predicted octanol–water partition coefficient (Wildman–Crippen LogP) is 1.02. The zero-order chi connectivity index (χ0) is 19.4. The van der Waals surface area contributed by atoms with Crippen LogP contribution in [0.25, 0.3) is 0 Å². The fraction of sp³-hybridized carbons (Fsp3) is 0.550. The molecular formula is C20H31N3O4. The van der Waals surface area contributed by atoms with Crippen molar-refractivity contribution in [2.45, 2.75) is 52.8 Å². The Kier molecular flexibility index (Phi) is 7.97. The first-order valence-electron chi connectivity index (χ1n) is 8.84. The van der Waals surface area contributed by atoms with Crippen LogP contribution >= 0.6 is 0 Å². The summed E-state index contributed by atoms with van der Waals surface area (Å²) in [5.41, 5.74) is 1.79. The summed E-state index contributed by atoms with van der Waals surface area (Å²) < 4.78 is 0. The van der Waals surface area contributed by atoms with E-state index < -0.39 is 30.0 Å². The second-order valence-electron chi connectivity index (χ2n) is 7.07. The van der Waals surface area contributed by atoms with Crippen molar-refractivity contribution in [3.8, 4) is 0 Å². The SMILES string of the molecule is C.CC(C)[C@H](O)C(=O)N[C@@H](C)C(=O)N[C@@H]1C(=O)N(C)CCc2ccccc21. The van der Waals surface area contributed by atoms with Crippen molar-refractivity contribution in [3.05, 3.63) is 35.4 Å². The lowest BCUT2D eigenvalue weighted by molar-refractivity contribution is -0.137. The molecule has 3 N–H and O–H groups in total. The molecule has 1 aromatic rings. The third-order valence-corrected chi connectivity index (χ3v) is 4.64. The van der Waals surface area contributed by atoms with Gasteiger partial charge in [0.1, 0.15) is 18.2 Å². The van der Waals surface area contributed by atoms with Crippen molar-refractivity contribution in [2.24, 2.45) is 5.92 Å². The second-order valence-corrected chi connectivity index (χ2v) is 7.07. The van der Waals surface area contributed by atoms with Gasteiger partial charge in [0.2, 0.25) is 17.7 Å². The normalized spacial score (nSPS) is 18.7. The summed E-state index contributed by atoms with van der Waals surface area (Å²) >= 11 is 0. The van der Waals surface area contributed by atoms with Crippen LogP contribution in [0.1, 0.15) is 45.4 Å². The van der Waals surface area contributed by atoms with E-state index in [2.05, 4.69) is 10.6 Å². The third-order valence-electron chi connectivity index (χ3n) is 4.64. The van der Waals surface area contributed by atoms with Gasteiger partial charge in [-0.2, -0.15) is 0 Å². The fourth-order valence-corrected chi connectivity index (χ4v) is 2.87. The number of benzene rings is 1. The maximum Gasteiger partial charge on any atom is 0.249 e. The van der Waals surface area contributed by atoms with Gasteiger partial charge in [0.05, 0.1) is 0 Å². The number of hydrogen-bond acceptors (Lipinski definition) is 4. The number of rotatable bonds is 5. The molecule has 0 fully saturated rings. The Morgan fingerprint density at radius 3 is 2.44 bits per heavy atom. The maximum atomic E-state index is 12.7. The van der Waals surface area contributed by atoms with Gasteiger partial charge < -0.3 is 20.6 Å². The van der Waals surface area contributed by atoms with Crippen LogP contribution in [0, 0.1) is 5.92 Å². The fourth-order valence-electron chi connectivity index (χ4n) is 2.87. The molecule has 0 bridgehead atoms. The summed E-state index contributed by atoms with van der Waals surface area (Å²) in [7, 11) is 1.71. The van der Waals surface area contributed by atoms with E-state index in [9.17, 15) is 19.5 Å². The average Bonchev–Trinajstić information content (AvgIpc) is 2.73. The number of aliphatic hydroxyl groups is 1. The first-order chi connectivity index (χ1) is 12.2. The van der Waals surface area contributed by atoms with Crippen LogP contribution in [0.2, 0.25) is 0 Å². The zero-order valence-electron chi connectivity index (χ0n) is 15.7. The van der Waals surface area contributed by atoms with Gasteiger partial charge in [-0.15, -0.1) is 0 Å². The Hall–Kier alpha value is -2.41. The smallest absolute Gasteiger partial charge is 0.249 e. The Morgan fingerprint density at radius 2 is 1.81 bits per heavy atom. The number of hydrogen-bond donors (Lipinski definition) is 3. The summed E-state index contributed by atoms with van der Waals surface area (Å²) in [6.07, 6.45) is -0.464. The van der Waals surface area contributed by atoms with Crippen molar-refractivity contribution >= 4 is 17.7 Å². The van der Waals surface area contributed by atoms with Crippen LogP contribution in [-0.2, 0) is 20.8 Å². The van der Waals surface area contributed by atoms with E-state index in [0.29, 0.717) is 6.54 Å². The number of likely N-dealkylation sites (N-methyl/N-ethyl adjacent to an activating group) is 1. The van der Waals surface area contributed by atoms with Crippen LogP contribution < -0.4 is 10.6 Å². The second kappa shape index (κ2) is 9.50. The lowest BCUT2D eigenvalue weighted by Crippen LogP contribution is -2.51. The van der Waals surface area contributed by atoms with E-state index in [-0.39, 0.29) is 19.3 Å². The molecule has 2 rings (SSSR count). The van der Waals surface area contributed by atoms with Crippen molar-refractivity contribution in [2.75, 3.05) is 13.6 Å². The number of nitrogens with one attached hydrogen (secondary N) is 2. The molecule has 0 spiro atoms. The van der Waals surface area contributed by atoms with Crippen LogP contribution in [0.4, 0.5) is 0 Å². The number of carbonyl (C=O) groups excluding carboxylic acids is 3. The summed E-state index contributed by atoms with van der Waals surface area (Å²) in [5, 5.41) is 15.0. The molecule has 3 atom stereocenters. The van der Waals surface area contributed by atoms with Crippen molar-refractivity contribution in [1.29, 1.82) is 0 Å². The van der Waals surface area contributed by atoms with Gasteiger partial charge in [0.25, 0.3) is 0 Å². The number of carbonyl (C=O) groups is 3. The maximum absolute atomic E-state index is 12.7. The molecule has 1 aromatic carbocycles. The zero-order valence-corrected chi connectivity index (χ0v) is 15.7. The molecule has 0 aromatic heterocycles. The molecular weight excluding hydrogens is 346 g/mol. The van der Waals surface area contributed by atoms with Crippen molar-refractivity contribution < 1.29 is 19.5 Å². The Bertz CT molecular complexity index is 690. The summed E-state index contributed by atoms with van der Waals surface area (Å²) in [5.74, 6) is -1.52. The molecule has 0 aliphatic carbocycles. The van der Waals surface area contributed by atoms with Crippen LogP contribution in [0.5, 0.6) is 0 Å². The van der Waals surface area contributed by atoms with E-state index in [1.165, 1.54) is 6.92 Å². The molecule has 0 radical (unpaired) electrons. The molecule has 1 heterocycles. The van der Waals surface area contributed by atoms with Crippen LogP contribution in [-0.4, -0.2) is 53.5 Å². The monoisotopic (exact) mass is 377 g/mol. The number of aliphatic hydroxyl groups excluding tert-OH is 1. The first-order valence-corrected chi connectivity index (χ1v) is 8.84. The van der Waals surface area contributed by atoms with Gasteiger partial charge in [-0.05, 0) is 30.4 Å². The van der Waals surface area contributed by atoms with Gasteiger partial charge in [-0.3, -0.25) is 14.4 Å². The van der Waals surface area contributed by atoms with Gasteiger partial charge in [0.15, 0.2) is 0 Å². The highest BCUT2D eigenvalue weighted by atomic mass is 16.3. The summed E-state index contributed by atoms with van der Waals surface area (Å²) in [4.78, 5) is 38.7. The number of nitrogens with zero attached hydrogens (tertiary/aromatic N) is 1. The summed E-state index contributed by atoms with van der Waals surface area (Å²) in [6.45, 7) is 5.53. The molecule has 0 saturated carbocycles. The van der Waals surface area contributed by atoms with Gasteiger partial charge in [-0.1, -0.05) is 45.5 Å². The third kappa shape index (κ3) is 5.29. The van der Waals surface area contributed by atoms with E-state index >= 15 is 0 Å². The topological polar surface area (TPSA) is 98.7 Å². The highest BCUT2D eigenvalue weighted by Crippen LogP contribution is 2.24. The first kappa shape index (κ1) is 22.6.